The summed E-state index contributed by atoms with van der Waals surface area (Å²) in [5.74, 6) is 0. The number of aromatic nitrogens is 3. The summed E-state index contributed by atoms with van der Waals surface area (Å²) in [6, 6.07) is 18.0. The second kappa shape index (κ2) is 7.87. The van der Waals surface area contributed by atoms with Crippen LogP contribution >= 0.6 is 0 Å². The van der Waals surface area contributed by atoms with Crippen molar-refractivity contribution in [1.29, 1.82) is 0 Å². The van der Waals surface area contributed by atoms with Crippen LogP contribution in [0.25, 0.3) is 27.6 Å². The summed E-state index contributed by atoms with van der Waals surface area (Å²) in [7, 11) is 1.90. The van der Waals surface area contributed by atoms with Crippen molar-refractivity contribution in [3.05, 3.63) is 109 Å². The Morgan fingerprint density at radius 2 is 1.41 bits per heavy atom. The fourth-order valence-electron chi connectivity index (χ4n) is 5.22. The number of hydrogen-bond donors (Lipinski definition) is 0. The maximum absolute atomic E-state index is 14.1. The van der Waals surface area contributed by atoms with Gasteiger partial charge in [0.05, 0.1) is 23.3 Å². The minimum Gasteiger partial charge on any atom is -0.338 e. The molecule has 2 heterocycles. The Morgan fingerprint density at radius 3 is 2.09 bits per heavy atom. The lowest BCUT2D eigenvalue weighted by Crippen LogP contribution is -2.39. The van der Waals surface area contributed by atoms with E-state index in [1.807, 2.05) is 61.9 Å². The van der Waals surface area contributed by atoms with Crippen molar-refractivity contribution >= 4 is 21.9 Å². The second-order valence-electron chi connectivity index (χ2n) is 9.50. The van der Waals surface area contributed by atoms with E-state index >= 15 is 0 Å². The highest BCUT2D eigenvalue weighted by atomic mass is 16.2. The van der Waals surface area contributed by atoms with Gasteiger partial charge in [0.15, 0.2) is 0 Å². The Morgan fingerprint density at radius 1 is 0.735 bits per heavy atom. The molecule has 5 heteroatoms. The highest BCUT2D eigenvalue weighted by Gasteiger charge is 2.22. The molecule has 0 aliphatic carbocycles. The highest BCUT2D eigenvalue weighted by Crippen LogP contribution is 2.28. The van der Waals surface area contributed by atoms with E-state index in [0.717, 1.165) is 38.7 Å². The third kappa shape index (κ3) is 3.31. The molecule has 5 aromatic rings. The van der Waals surface area contributed by atoms with Crippen molar-refractivity contribution in [3.63, 3.8) is 0 Å². The molecule has 0 fully saturated rings. The van der Waals surface area contributed by atoms with Crippen LogP contribution in [-0.2, 0) is 13.6 Å². The predicted octanol–water partition coefficient (Wildman–Crippen LogP) is 5.23. The largest absolute Gasteiger partial charge is 0.338 e. The normalized spacial score (nSPS) is 11.6. The summed E-state index contributed by atoms with van der Waals surface area (Å²) in [5.41, 5.74) is 8.79. The van der Waals surface area contributed by atoms with Crippen LogP contribution in [-0.4, -0.2) is 13.7 Å². The van der Waals surface area contributed by atoms with Crippen molar-refractivity contribution in [2.24, 2.45) is 7.05 Å². The molecule has 0 saturated carbocycles. The van der Waals surface area contributed by atoms with Crippen molar-refractivity contribution in [2.75, 3.05) is 0 Å². The van der Waals surface area contributed by atoms with E-state index in [4.69, 9.17) is 0 Å². The van der Waals surface area contributed by atoms with E-state index in [1.54, 1.807) is 4.57 Å². The number of aryl methyl sites for hydroxylation is 6. The fourth-order valence-corrected chi connectivity index (χ4v) is 5.22. The van der Waals surface area contributed by atoms with Gasteiger partial charge in [-0.25, -0.2) is 9.36 Å². The Kier molecular flexibility index (Phi) is 5.08. The molecule has 0 atom stereocenters. The maximum Gasteiger partial charge on any atom is 0.336 e. The molecule has 2 aromatic heterocycles. The molecule has 0 amide bonds. The molecule has 0 radical (unpaired) electrons. The zero-order valence-electron chi connectivity index (χ0n) is 20.6. The van der Waals surface area contributed by atoms with Crippen LogP contribution in [0.4, 0.5) is 0 Å². The highest BCUT2D eigenvalue weighted by molar-refractivity contribution is 6.06. The lowest BCUT2D eigenvalue weighted by atomic mass is 9.99. The Bertz CT molecular complexity index is 1710. The van der Waals surface area contributed by atoms with Crippen LogP contribution in [0.2, 0.25) is 0 Å². The number of benzene rings is 3. The Hall–Kier alpha value is -3.86. The van der Waals surface area contributed by atoms with Crippen LogP contribution in [0.5, 0.6) is 0 Å². The van der Waals surface area contributed by atoms with Crippen molar-refractivity contribution in [2.45, 2.75) is 41.2 Å². The van der Waals surface area contributed by atoms with Gasteiger partial charge in [-0.05, 0) is 81.1 Å². The standard InChI is InChI=1S/C29H29N3O2/c1-17-8-7-9-22(14-17)32-28(33)27-26(23-15-18(2)10-11-25(23)30(27)6)31(29(32)34)16-24-20(4)12-19(3)13-21(24)5/h7-15H,16H2,1-6H3. The minimum absolute atomic E-state index is 0.296. The van der Waals surface area contributed by atoms with E-state index in [-0.39, 0.29) is 11.2 Å². The molecular weight excluding hydrogens is 422 g/mol. The topological polar surface area (TPSA) is 48.9 Å². The molecule has 0 N–H and O–H groups in total. The lowest BCUT2D eigenvalue weighted by Gasteiger charge is -2.17. The third-order valence-electron chi connectivity index (χ3n) is 6.84. The van der Waals surface area contributed by atoms with Gasteiger partial charge in [-0.15, -0.1) is 0 Å². The molecule has 0 aliphatic heterocycles. The molecule has 34 heavy (non-hydrogen) atoms. The molecule has 0 bridgehead atoms. The fraction of sp³-hybridized carbons (Fsp3) is 0.241. The van der Waals surface area contributed by atoms with Gasteiger partial charge in [-0.2, -0.15) is 0 Å². The van der Waals surface area contributed by atoms with E-state index in [0.29, 0.717) is 23.3 Å². The predicted molar refractivity (Wildman–Crippen MR) is 140 cm³/mol. The third-order valence-corrected chi connectivity index (χ3v) is 6.84. The summed E-state index contributed by atoms with van der Waals surface area (Å²) in [6.45, 7) is 10.6. The number of hydrogen-bond acceptors (Lipinski definition) is 2. The van der Waals surface area contributed by atoms with E-state index in [9.17, 15) is 9.59 Å². The molecule has 0 saturated heterocycles. The first-order chi connectivity index (χ1) is 16.2. The first-order valence-corrected chi connectivity index (χ1v) is 11.6. The summed E-state index contributed by atoms with van der Waals surface area (Å²) >= 11 is 0. The Balaban J connectivity index is 1.96. The molecule has 0 aliphatic rings. The van der Waals surface area contributed by atoms with Gasteiger partial charge >= 0.3 is 5.69 Å². The van der Waals surface area contributed by atoms with Crippen LogP contribution in [0.3, 0.4) is 0 Å². The van der Waals surface area contributed by atoms with E-state index < -0.39 is 0 Å². The SMILES string of the molecule is Cc1cccc(-n2c(=O)c3c(c4cc(C)ccc4n3C)n(Cc3c(C)cc(C)cc3C)c2=O)c1. The lowest BCUT2D eigenvalue weighted by molar-refractivity contribution is 0.707. The summed E-state index contributed by atoms with van der Waals surface area (Å²) in [5, 5.41) is 0.922. The van der Waals surface area contributed by atoms with Crippen LogP contribution in [0, 0.1) is 34.6 Å². The van der Waals surface area contributed by atoms with Crippen LogP contribution in [0.1, 0.15) is 33.4 Å². The van der Waals surface area contributed by atoms with Crippen molar-refractivity contribution < 1.29 is 0 Å². The first-order valence-electron chi connectivity index (χ1n) is 11.6. The van der Waals surface area contributed by atoms with Gasteiger partial charge in [0.2, 0.25) is 0 Å². The van der Waals surface area contributed by atoms with Gasteiger partial charge in [0.25, 0.3) is 5.56 Å². The zero-order valence-corrected chi connectivity index (χ0v) is 20.6. The average Bonchev–Trinajstić information content (AvgIpc) is 3.04. The molecule has 172 valence electrons. The van der Waals surface area contributed by atoms with Crippen LogP contribution in [0.15, 0.2) is 64.2 Å². The molecule has 3 aromatic carbocycles. The monoisotopic (exact) mass is 451 g/mol. The smallest absolute Gasteiger partial charge is 0.336 e. The van der Waals surface area contributed by atoms with Crippen LogP contribution < -0.4 is 11.2 Å². The van der Waals surface area contributed by atoms with Gasteiger partial charge in [0.1, 0.15) is 5.52 Å². The van der Waals surface area contributed by atoms with Gasteiger partial charge in [-0.1, -0.05) is 41.5 Å². The maximum atomic E-state index is 14.1. The van der Waals surface area contributed by atoms with Crippen molar-refractivity contribution in [1.82, 2.24) is 13.7 Å². The van der Waals surface area contributed by atoms with Gasteiger partial charge in [-0.3, -0.25) is 9.36 Å². The second-order valence-corrected chi connectivity index (χ2v) is 9.50. The quantitative estimate of drug-likeness (QED) is 0.377. The summed E-state index contributed by atoms with van der Waals surface area (Å²) in [4.78, 5) is 27.9. The average molecular weight is 452 g/mol. The molecule has 0 spiro atoms. The Labute approximate surface area is 198 Å². The number of rotatable bonds is 3. The number of fused-ring (bicyclic) bond motifs is 3. The summed E-state index contributed by atoms with van der Waals surface area (Å²) < 4.78 is 5.02. The molecule has 5 nitrogen and oxygen atoms in total. The minimum atomic E-state index is -0.323. The molecule has 5 rings (SSSR count). The van der Waals surface area contributed by atoms with E-state index in [1.165, 1.54) is 10.1 Å². The molecular formula is C29H29N3O2. The zero-order chi connectivity index (χ0) is 24.3. The van der Waals surface area contributed by atoms with Gasteiger partial charge in [0, 0.05) is 12.4 Å². The number of nitrogens with zero attached hydrogens (tertiary/aromatic N) is 3. The van der Waals surface area contributed by atoms with Crippen molar-refractivity contribution in [3.8, 4) is 5.69 Å². The molecule has 0 unspecified atom stereocenters. The van der Waals surface area contributed by atoms with Gasteiger partial charge < -0.3 is 4.57 Å². The first kappa shape index (κ1) is 22.0. The summed E-state index contributed by atoms with van der Waals surface area (Å²) in [6.07, 6.45) is 0. The van der Waals surface area contributed by atoms with E-state index in [2.05, 4.69) is 39.0 Å².